The Labute approximate surface area is 141 Å². The normalized spacial score (nSPS) is 15.1. The molecule has 0 aliphatic carbocycles. The minimum absolute atomic E-state index is 0.0393. The zero-order valence-corrected chi connectivity index (χ0v) is 13.7. The first-order chi connectivity index (χ1) is 11.6. The van der Waals surface area contributed by atoms with E-state index in [0.29, 0.717) is 24.3 Å². The van der Waals surface area contributed by atoms with Crippen molar-refractivity contribution < 1.29 is 9.59 Å². The van der Waals surface area contributed by atoms with Gasteiger partial charge in [-0.1, -0.05) is 24.3 Å². The molecule has 24 heavy (non-hydrogen) atoms. The summed E-state index contributed by atoms with van der Waals surface area (Å²) in [6.45, 7) is 3.20. The predicted octanol–water partition coefficient (Wildman–Crippen LogP) is 2.42. The highest BCUT2D eigenvalue weighted by Gasteiger charge is 2.25. The van der Waals surface area contributed by atoms with Crippen LogP contribution in [0.25, 0.3) is 0 Å². The Morgan fingerprint density at radius 1 is 1.08 bits per heavy atom. The molecule has 5 heteroatoms. The minimum Gasteiger partial charge on any atom is -0.349 e. The van der Waals surface area contributed by atoms with Gasteiger partial charge in [0.2, 0.25) is 0 Å². The molecule has 5 nitrogen and oxygen atoms in total. The van der Waals surface area contributed by atoms with Crippen LogP contribution < -0.4 is 5.32 Å². The van der Waals surface area contributed by atoms with Crippen LogP contribution in [0.1, 0.15) is 39.3 Å². The van der Waals surface area contributed by atoms with Crippen LogP contribution >= 0.6 is 0 Å². The molecule has 0 radical (unpaired) electrons. The number of piperidine rings is 1. The zero-order valence-electron chi connectivity index (χ0n) is 13.7. The van der Waals surface area contributed by atoms with Crippen molar-refractivity contribution >= 4 is 11.8 Å². The first-order valence-corrected chi connectivity index (χ1v) is 8.22. The van der Waals surface area contributed by atoms with Crippen molar-refractivity contribution in [2.24, 2.45) is 0 Å². The highest BCUT2D eigenvalue weighted by molar-refractivity contribution is 5.96. The number of amides is 2. The number of aryl methyl sites for hydroxylation is 1. The molecule has 1 saturated heterocycles. The number of hydrogen-bond acceptors (Lipinski definition) is 3. The van der Waals surface area contributed by atoms with E-state index in [0.717, 1.165) is 18.4 Å². The summed E-state index contributed by atoms with van der Waals surface area (Å²) < 4.78 is 0. The number of benzene rings is 1. The molecule has 0 unspecified atom stereocenters. The summed E-state index contributed by atoms with van der Waals surface area (Å²) in [6, 6.07) is 13.0. The van der Waals surface area contributed by atoms with E-state index in [1.807, 2.05) is 37.3 Å². The van der Waals surface area contributed by atoms with E-state index >= 15 is 0 Å². The summed E-state index contributed by atoms with van der Waals surface area (Å²) in [7, 11) is 0. The van der Waals surface area contributed by atoms with E-state index in [-0.39, 0.29) is 17.9 Å². The third-order valence-corrected chi connectivity index (χ3v) is 4.39. The van der Waals surface area contributed by atoms with Crippen LogP contribution in [0.2, 0.25) is 0 Å². The highest BCUT2D eigenvalue weighted by Crippen LogP contribution is 2.14. The number of pyridine rings is 1. The van der Waals surface area contributed by atoms with Gasteiger partial charge in [-0.05, 0) is 43.5 Å². The Balaban J connectivity index is 1.55. The summed E-state index contributed by atoms with van der Waals surface area (Å²) in [5.41, 5.74) is 2.15. The third-order valence-electron chi connectivity index (χ3n) is 4.39. The van der Waals surface area contributed by atoms with Gasteiger partial charge in [-0.3, -0.25) is 14.6 Å². The molecule has 0 spiro atoms. The van der Waals surface area contributed by atoms with Crippen molar-refractivity contribution in [1.82, 2.24) is 15.2 Å². The van der Waals surface area contributed by atoms with Crippen molar-refractivity contribution in [3.63, 3.8) is 0 Å². The molecular formula is C19H21N3O2. The number of aromatic nitrogens is 1. The molecule has 1 aromatic carbocycles. The first-order valence-electron chi connectivity index (χ1n) is 8.22. The lowest BCUT2D eigenvalue weighted by atomic mass is 10.0. The van der Waals surface area contributed by atoms with Crippen LogP contribution in [0, 0.1) is 6.92 Å². The van der Waals surface area contributed by atoms with E-state index in [1.165, 1.54) is 0 Å². The van der Waals surface area contributed by atoms with Crippen LogP contribution in [0.3, 0.4) is 0 Å². The molecule has 1 aliphatic rings. The fourth-order valence-electron chi connectivity index (χ4n) is 2.97. The highest BCUT2D eigenvalue weighted by atomic mass is 16.2. The maximum atomic E-state index is 12.4. The Bertz CT molecular complexity index is 722. The third kappa shape index (κ3) is 3.62. The average Bonchev–Trinajstić information content (AvgIpc) is 2.63. The first kappa shape index (κ1) is 16.2. The second kappa shape index (κ2) is 7.25. The van der Waals surface area contributed by atoms with E-state index < -0.39 is 0 Å². The molecule has 2 heterocycles. The lowest BCUT2D eigenvalue weighted by Crippen LogP contribution is -2.46. The molecule has 0 saturated carbocycles. The average molecular weight is 323 g/mol. The summed E-state index contributed by atoms with van der Waals surface area (Å²) in [5, 5.41) is 3.08. The SMILES string of the molecule is Cc1ccccc1C(=O)NC1CCN(C(=O)c2ccccn2)CC1. The van der Waals surface area contributed by atoms with Gasteiger partial charge in [0.05, 0.1) is 0 Å². The van der Waals surface area contributed by atoms with Crippen molar-refractivity contribution in [3.8, 4) is 0 Å². The molecular weight excluding hydrogens is 302 g/mol. The number of hydrogen-bond donors (Lipinski definition) is 1. The molecule has 1 N–H and O–H groups in total. The molecule has 1 aromatic heterocycles. The van der Waals surface area contributed by atoms with Gasteiger partial charge in [-0.25, -0.2) is 0 Å². The molecule has 0 bridgehead atoms. The van der Waals surface area contributed by atoms with Crippen LogP contribution in [0.5, 0.6) is 0 Å². The summed E-state index contributed by atoms with van der Waals surface area (Å²) in [4.78, 5) is 30.7. The molecule has 0 atom stereocenters. The van der Waals surface area contributed by atoms with E-state index in [9.17, 15) is 9.59 Å². The number of likely N-dealkylation sites (tertiary alicyclic amines) is 1. The van der Waals surface area contributed by atoms with Gasteiger partial charge >= 0.3 is 0 Å². The molecule has 3 rings (SSSR count). The molecule has 124 valence electrons. The summed E-state index contributed by atoms with van der Waals surface area (Å²) in [5.74, 6) is -0.0816. The van der Waals surface area contributed by atoms with Crippen LogP contribution in [0.15, 0.2) is 48.7 Å². The fourth-order valence-corrected chi connectivity index (χ4v) is 2.97. The molecule has 2 amide bonds. The van der Waals surface area contributed by atoms with Gasteiger partial charge in [0.25, 0.3) is 11.8 Å². The summed E-state index contributed by atoms with van der Waals surface area (Å²) >= 11 is 0. The van der Waals surface area contributed by atoms with Crippen molar-refractivity contribution in [2.75, 3.05) is 13.1 Å². The number of nitrogens with zero attached hydrogens (tertiary/aromatic N) is 2. The number of rotatable bonds is 3. The van der Waals surface area contributed by atoms with Crippen molar-refractivity contribution in [2.45, 2.75) is 25.8 Å². The topological polar surface area (TPSA) is 62.3 Å². The maximum Gasteiger partial charge on any atom is 0.272 e. The van der Waals surface area contributed by atoms with Crippen molar-refractivity contribution in [1.29, 1.82) is 0 Å². The van der Waals surface area contributed by atoms with Gasteiger partial charge in [0.1, 0.15) is 5.69 Å². The van der Waals surface area contributed by atoms with Gasteiger partial charge in [0.15, 0.2) is 0 Å². The Morgan fingerprint density at radius 3 is 2.46 bits per heavy atom. The number of nitrogens with one attached hydrogen (secondary N) is 1. The lowest BCUT2D eigenvalue weighted by Gasteiger charge is -2.32. The second-order valence-electron chi connectivity index (χ2n) is 6.07. The Hall–Kier alpha value is -2.69. The predicted molar refractivity (Wildman–Crippen MR) is 91.8 cm³/mol. The molecule has 1 fully saturated rings. The largest absolute Gasteiger partial charge is 0.349 e. The lowest BCUT2D eigenvalue weighted by molar-refractivity contribution is 0.0692. The van der Waals surface area contributed by atoms with Crippen LogP contribution in [-0.2, 0) is 0 Å². The zero-order chi connectivity index (χ0) is 16.9. The van der Waals surface area contributed by atoms with E-state index in [2.05, 4.69) is 10.3 Å². The smallest absolute Gasteiger partial charge is 0.272 e. The number of carbonyl (C=O) groups is 2. The molecule has 2 aromatic rings. The van der Waals surface area contributed by atoms with Crippen LogP contribution in [-0.4, -0.2) is 40.8 Å². The molecule has 1 aliphatic heterocycles. The van der Waals surface area contributed by atoms with Gasteiger partial charge in [-0.2, -0.15) is 0 Å². The minimum atomic E-state index is -0.0423. The Morgan fingerprint density at radius 2 is 1.79 bits per heavy atom. The second-order valence-corrected chi connectivity index (χ2v) is 6.07. The standard InChI is InChI=1S/C19H21N3O2/c1-14-6-2-3-7-16(14)18(23)21-15-9-12-22(13-10-15)19(24)17-8-4-5-11-20-17/h2-8,11,15H,9-10,12-13H2,1H3,(H,21,23). The quantitative estimate of drug-likeness (QED) is 0.943. The van der Waals surface area contributed by atoms with Crippen LogP contribution in [0.4, 0.5) is 0 Å². The number of carbonyl (C=O) groups excluding carboxylic acids is 2. The van der Waals surface area contributed by atoms with E-state index in [1.54, 1.807) is 23.2 Å². The monoisotopic (exact) mass is 323 g/mol. The fraction of sp³-hybridized carbons (Fsp3) is 0.316. The van der Waals surface area contributed by atoms with Gasteiger partial charge in [-0.15, -0.1) is 0 Å². The van der Waals surface area contributed by atoms with E-state index in [4.69, 9.17) is 0 Å². The van der Waals surface area contributed by atoms with Crippen molar-refractivity contribution in [3.05, 3.63) is 65.5 Å². The van der Waals surface area contributed by atoms with Gasteiger partial charge in [0, 0.05) is 30.9 Å². The summed E-state index contributed by atoms with van der Waals surface area (Å²) in [6.07, 6.45) is 3.15. The maximum absolute atomic E-state index is 12.4. The Kier molecular flexibility index (Phi) is 4.89. The van der Waals surface area contributed by atoms with Gasteiger partial charge < -0.3 is 10.2 Å².